The second-order valence-electron chi connectivity index (χ2n) is 6.66. The van der Waals surface area contributed by atoms with E-state index in [1.165, 1.54) is 0 Å². The van der Waals surface area contributed by atoms with Crippen LogP contribution >= 0.6 is 0 Å². The maximum Gasteiger partial charge on any atom is 0.248 e. The lowest BCUT2D eigenvalue weighted by Crippen LogP contribution is -2.09. The lowest BCUT2D eigenvalue weighted by atomic mass is 10.0. The molecule has 4 nitrogen and oxygen atoms in total. The molecule has 0 atom stereocenters. The summed E-state index contributed by atoms with van der Waals surface area (Å²) < 4.78 is 11.0. The van der Waals surface area contributed by atoms with Gasteiger partial charge in [-0.25, -0.2) is 0 Å². The first-order valence-electron chi connectivity index (χ1n) is 8.51. The van der Waals surface area contributed by atoms with Gasteiger partial charge in [0.25, 0.3) is 0 Å². The van der Waals surface area contributed by atoms with Crippen LogP contribution in [0.5, 0.6) is 5.75 Å². The third-order valence-electron chi connectivity index (χ3n) is 4.35. The summed E-state index contributed by atoms with van der Waals surface area (Å²) >= 11 is 0. The van der Waals surface area contributed by atoms with Crippen molar-refractivity contribution in [3.05, 3.63) is 64.9 Å². The first kappa shape index (κ1) is 17.8. The van der Waals surface area contributed by atoms with Crippen LogP contribution in [0.25, 0.3) is 16.5 Å². The number of hydrogen-bond acceptors (Lipinski definition) is 3. The molecular weight excluding hydrogens is 326 g/mol. The van der Waals surface area contributed by atoms with Gasteiger partial charge in [-0.05, 0) is 68.2 Å². The zero-order chi connectivity index (χ0) is 18.8. The molecule has 26 heavy (non-hydrogen) atoms. The van der Waals surface area contributed by atoms with Crippen LogP contribution in [0, 0.1) is 20.8 Å². The van der Waals surface area contributed by atoms with Crippen molar-refractivity contribution < 1.29 is 13.9 Å². The molecule has 0 bridgehead atoms. The van der Waals surface area contributed by atoms with Crippen molar-refractivity contribution >= 4 is 28.1 Å². The normalized spacial score (nSPS) is 11.7. The van der Waals surface area contributed by atoms with E-state index in [0.717, 1.165) is 44.5 Å². The van der Waals surface area contributed by atoms with Gasteiger partial charge in [-0.1, -0.05) is 6.07 Å². The average molecular weight is 349 g/mol. The van der Waals surface area contributed by atoms with E-state index >= 15 is 0 Å². The first-order chi connectivity index (χ1) is 12.4. The van der Waals surface area contributed by atoms with Crippen LogP contribution in [0.15, 0.2) is 47.1 Å². The monoisotopic (exact) mass is 349 g/mol. The number of carbonyl (C=O) groups excluding carboxylic acids is 1. The number of aryl methyl sites for hydroxylation is 3. The summed E-state index contributed by atoms with van der Waals surface area (Å²) in [5.41, 5.74) is 6.55. The molecule has 0 aliphatic heterocycles. The first-order valence-corrected chi connectivity index (χ1v) is 8.51. The van der Waals surface area contributed by atoms with E-state index in [1.807, 2.05) is 52.0 Å². The minimum atomic E-state index is -0.168. The number of ether oxygens (including phenoxy) is 1. The Hall–Kier alpha value is -3.01. The van der Waals surface area contributed by atoms with Gasteiger partial charge in [0.1, 0.15) is 11.3 Å². The van der Waals surface area contributed by atoms with Gasteiger partial charge >= 0.3 is 0 Å². The van der Waals surface area contributed by atoms with Crippen LogP contribution in [-0.2, 0) is 4.79 Å². The standard InChI is InChI=1S/C22H23NO3/c1-13-6-14(2)8-17(7-13)23-22(24)9-15(3)18-10-19-16(4)12-26-21(19)11-20(18)25-5/h6-12H,1-5H3,(H,23,24)/b15-9+. The van der Waals surface area contributed by atoms with E-state index < -0.39 is 0 Å². The molecule has 1 heterocycles. The highest BCUT2D eigenvalue weighted by molar-refractivity contribution is 6.04. The third kappa shape index (κ3) is 3.64. The van der Waals surface area contributed by atoms with Gasteiger partial charge in [-0.3, -0.25) is 4.79 Å². The van der Waals surface area contributed by atoms with E-state index in [4.69, 9.17) is 9.15 Å². The van der Waals surface area contributed by atoms with Crippen LogP contribution in [0.4, 0.5) is 5.69 Å². The molecule has 1 aromatic heterocycles. The zero-order valence-corrected chi connectivity index (χ0v) is 15.8. The number of rotatable bonds is 4. The van der Waals surface area contributed by atoms with Gasteiger partial charge in [-0.15, -0.1) is 0 Å². The Morgan fingerprint density at radius 1 is 1.08 bits per heavy atom. The number of nitrogens with one attached hydrogen (secondary N) is 1. The molecule has 1 N–H and O–H groups in total. The van der Waals surface area contributed by atoms with E-state index in [-0.39, 0.29) is 5.91 Å². The van der Waals surface area contributed by atoms with Crippen LogP contribution < -0.4 is 10.1 Å². The van der Waals surface area contributed by atoms with E-state index in [1.54, 1.807) is 19.4 Å². The summed E-state index contributed by atoms with van der Waals surface area (Å²) in [4.78, 5) is 12.5. The van der Waals surface area contributed by atoms with Gasteiger partial charge in [0.15, 0.2) is 0 Å². The van der Waals surface area contributed by atoms with Crippen LogP contribution in [0.1, 0.15) is 29.2 Å². The van der Waals surface area contributed by atoms with Gasteiger partial charge in [0.2, 0.25) is 5.91 Å². The molecule has 3 aromatic rings. The Kier molecular flexibility index (Phi) is 4.85. The summed E-state index contributed by atoms with van der Waals surface area (Å²) in [6.45, 7) is 7.92. The van der Waals surface area contributed by atoms with Gasteiger partial charge in [0.05, 0.1) is 13.4 Å². The van der Waals surface area contributed by atoms with Crippen molar-refractivity contribution in [2.45, 2.75) is 27.7 Å². The van der Waals surface area contributed by atoms with E-state index in [2.05, 4.69) is 11.4 Å². The maximum atomic E-state index is 12.5. The molecule has 0 unspecified atom stereocenters. The Labute approximate surface area is 153 Å². The maximum absolute atomic E-state index is 12.5. The summed E-state index contributed by atoms with van der Waals surface area (Å²) in [5.74, 6) is 0.512. The second-order valence-corrected chi connectivity index (χ2v) is 6.66. The number of methoxy groups -OCH3 is 1. The Morgan fingerprint density at radius 3 is 2.42 bits per heavy atom. The van der Waals surface area contributed by atoms with Crippen molar-refractivity contribution in [2.75, 3.05) is 12.4 Å². The number of fused-ring (bicyclic) bond motifs is 1. The number of anilines is 1. The van der Waals surface area contributed by atoms with Crippen molar-refractivity contribution in [2.24, 2.45) is 0 Å². The van der Waals surface area contributed by atoms with Crippen LogP contribution in [0.2, 0.25) is 0 Å². The molecule has 0 aliphatic rings. The molecule has 0 spiro atoms. The average Bonchev–Trinajstić information content (AvgIpc) is 2.92. The molecular formula is C22H23NO3. The SMILES string of the molecule is COc1cc2occ(C)c2cc1/C(C)=C/C(=O)Nc1cc(C)cc(C)c1. The molecule has 0 saturated heterocycles. The van der Waals surface area contributed by atoms with Crippen molar-refractivity contribution in [3.8, 4) is 5.75 Å². The largest absolute Gasteiger partial charge is 0.496 e. The summed E-state index contributed by atoms with van der Waals surface area (Å²) in [6.07, 6.45) is 3.32. The fourth-order valence-electron chi connectivity index (χ4n) is 3.16. The van der Waals surface area contributed by atoms with Crippen molar-refractivity contribution in [3.63, 3.8) is 0 Å². The number of amides is 1. The third-order valence-corrected chi connectivity index (χ3v) is 4.35. The van der Waals surface area contributed by atoms with E-state index in [0.29, 0.717) is 5.75 Å². The predicted octanol–water partition coefficient (Wildman–Crippen LogP) is 5.41. The molecule has 0 aliphatic carbocycles. The lowest BCUT2D eigenvalue weighted by molar-refractivity contribution is -0.111. The second kappa shape index (κ2) is 7.08. The number of allylic oxidation sites excluding steroid dienone is 1. The van der Waals surface area contributed by atoms with E-state index in [9.17, 15) is 4.79 Å². The van der Waals surface area contributed by atoms with Gasteiger partial charge in [0, 0.05) is 28.8 Å². The number of furan rings is 1. The molecule has 4 heteroatoms. The quantitative estimate of drug-likeness (QED) is 0.641. The minimum absolute atomic E-state index is 0.168. The molecule has 0 saturated carbocycles. The highest BCUT2D eigenvalue weighted by Crippen LogP contribution is 2.33. The molecule has 0 fully saturated rings. The van der Waals surface area contributed by atoms with Gasteiger partial charge < -0.3 is 14.5 Å². The Bertz CT molecular complexity index is 991. The van der Waals surface area contributed by atoms with Gasteiger partial charge in [-0.2, -0.15) is 0 Å². The molecule has 134 valence electrons. The summed E-state index contributed by atoms with van der Waals surface area (Å²) in [5, 5.41) is 3.95. The topological polar surface area (TPSA) is 51.5 Å². The van der Waals surface area contributed by atoms with Crippen LogP contribution in [0.3, 0.4) is 0 Å². The fourth-order valence-corrected chi connectivity index (χ4v) is 3.16. The fraction of sp³-hybridized carbons (Fsp3) is 0.227. The zero-order valence-electron chi connectivity index (χ0n) is 15.8. The number of hydrogen-bond donors (Lipinski definition) is 1. The predicted molar refractivity (Wildman–Crippen MR) is 106 cm³/mol. The number of carbonyl (C=O) groups is 1. The van der Waals surface area contributed by atoms with Crippen molar-refractivity contribution in [1.29, 1.82) is 0 Å². The molecule has 3 rings (SSSR count). The number of benzene rings is 2. The molecule has 2 aromatic carbocycles. The highest BCUT2D eigenvalue weighted by Gasteiger charge is 2.12. The molecule has 0 radical (unpaired) electrons. The Morgan fingerprint density at radius 2 is 1.77 bits per heavy atom. The summed E-state index contributed by atoms with van der Waals surface area (Å²) in [7, 11) is 1.61. The lowest BCUT2D eigenvalue weighted by Gasteiger charge is -2.10. The Balaban J connectivity index is 1.92. The minimum Gasteiger partial charge on any atom is -0.496 e. The van der Waals surface area contributed by atoms with Crippen LogP contribution in [-0.4, -0.2) is 13.0 Å². The summed E-state index contributed by atoms with van der Waals surface area (Å²) in [6, 6.07) is 9.84. The van der Waals surface area contributed by atoms with Crippen molar-refractivity contribution in [1.82, 2.24) is 0 Å². The smallest absolute Gasteiger partial charge is 0.248 e. The highest BCUT2D eigenvalue weighted by atomic mass is 16.5. The molecule has 1 amide bonds.